The van der Waals surface area contributed by atoms with Crippen LogP contribution in [0.5, 0.6) is 5.75 Å². The summed E-state index contributed by atoms with van der Waals surface area (Å²) in [5.41, 5.74) is 1.64. The fourth-order valence-electron chi connectivity index (χ4n) is 1.25. The van der Waals surface area contributed by atoms with Gasteiger partial charge in [0.15, 0.2) is 6.29 Å². The number of rotatable bonds is 6. The third kappa shape index (κ3) is 3.72. The first-order chi connectivity index (χ1) is 7.27. The summed E-state index contributed by atoms with van der Waals surface area (Å²) in [4.78, 5) is 10.8. The van der Waals surface area contributed by atoms with E-state index in [1.54, 1.807) is 0 Å². The van der Waals surface area contributed by atoms with Crippen LogP contribution in [-0.4, -0.2) is 26.1 Å². The van der Waals surface area contributed by atoms with E-state index < -0.39 is 0 Å². The molecule has 1 aromatic carbocycles. The van der Waals surface area contributed by atoms with Crippen molar-refractivity contribution in [1.82, 2.24) is 0 Å². The average Bonchev–Trinajstić information content (AvgIpc) is 2.26. The normalized spacial score (nSPS) is 10.0. The highest BCUT2D eigenvalue weighted by molar-refractivity contribution is 5.79. The first kappa shape index (κ1) is 11.7. The number of carbonyl (C=O) groups is 1. The summed E-state index contributed by atoms with van der Waals surface area (Å²) >= 11 is 0. The molecule has 3 nitrogen and oxygen atoms in total. The topological polar surface area (TPSA) is 35.5 Å². The second-order valence-corrected chi connectivity index (χ2v) is 3.20. The fourth-order valence-corrected chi connectivity index (χ4v) is 1.25. The zero-order valence-electron chi connectivity index (χ0n) is 9.16. The van der Waals surface area contributed by atoms with Crippen LogP contribution in [0.4, 0.5) is 0 Å². The van der Waals surface area contributed by atoms with Gasteiger partial charge in [-0.3, -0.25) is 4.79 Å². The second-order valence-electron chi connectivity index (χ2n) is 3.20. The van der Waals surface area contributed by atoms with Gasteiger partial charge in [0.25, 0.3) is 0 Å². The van der Waals surface area contributed by atoms with E-state index >= 15 is 0 Å². The Morgan fingerprint density at radius 2 is 2.13 bits per heavy atom. The molecule has 0 N–H and O–H groups in total. The van der Waals surface area contributed by atoms with Crippen molar-refractivity contribution in [2.75, 3.05) is 19.8 Å². The van der Waals surface area contributed by atoms with Crippen LogP contribution in [0.15, 0.2) is 18.2 Å². The summed E-state index contributed by atoms with van der Waals surface area (Å²) in [6.45, 7) is 5.57. The Morgan fingerprint density at radius 3 is 2.80 bits per heavy atom. The predicted octanol–water partition coefficient (Wildman–Crippen LogP) is 2.22. The molecule has 0 fully saturated rings. The van der Waals surface area contributed by atoms with Crippen molar-refractivity contribution in [2.24, 2.45) is 0 Å². The van der Waals surface area contributed by atoms with Crippen LogP contribution in [-0.2, 0) is 4.74 Å². The van der Waals surface area contributed by atoms with Gasteiger partial charge in [0.2, 0.25) is 0 Å². The maximum Gasteiger partial charge on any atom is 0.153 e. The molecule has 0 spiro atoms. The lowest BCUT2D eigenvalue weighted by molar-refractivity contribution is 0.106. The van der Waals surface area contributed by atoms with Crippen molar-refractivity contribution in [3.8, 4) is 5.75 Å². The van der Waals surface area contributed by atoms with E-state index in [9.17, 15) is 4.79 Å². The molecule has 15 heavy (non-hydrogen) atoms. The number of carbonyl (C=O) groups excluding carboxylic acids is 1. The third-order valence-electron chi connectivity index (χ3n) is 1.98. The molecule has 0 saturated carbocycles. The number of hydrogen-bond acceptors (Lipinski definition) is 3. The minimum atomic E-state index is 0.470. The van der Waals surface area contributed by atoms with Crippen molar-refractivity contribution in [1.29, 1.82) is 0 Å². The summed E-state index contributed by atoms with van der Waals surface area (Å²) in [5, 5.41) is 0. The lowest BCUT2D eigenvalue weighted by atomic mass is 10.1. The van der Waals surface area contributed by atoms with Crippen LogP contribution in [0.3, 0.4) is 0 Å². The molecule has 0 aliphatic carbocycles. The van der Waals surface area contributed by atoms with Crippen molar-refractivity contribution >= 4 is 6.29 Å². The SMILES string of the molecule is CCOCCOc1ccc(C)cc1C=O. The molecule has 0 aromatic heterocycles. The van der Waals surface area contributed by atoms with Crippen molar-refractivity contribution < 1.29 is 14.3 Å². The fraction of sp³-hybridized carbons (Fsp3) is 0.417. The number of aldehydes is 1. The van der Waals surface area contributed by atoms with Gasteiger partial charge >= 0.3 is 0 Å². The zero-order valence-corrected chi connectivity index (χ0v) is 9.16. The summed E-state index contributed by atoms with van der Waals surface area (Å²) in [6, 6.07) is 5.54. The average molecular weight is 208 g/mol. The molecule has 0 bridgehead atoms. The number of hydrogen-bond donors (Lipinski definition) is 0. The molecule has 3 heteroatoms. The summed E-state index contributed by atoms with van der Waals surface area (Å²) in [5.74, 6) is 0.621. The van der Waals surface area contributed by atoms with Crippen molar-refractivity contribution in [2.45, 2.75) is 13.8 Å². The summed E-state index contributed by atoms with van der Waals surface area (Å²) in [7, 11) is 0. The van der Waals surface area contributed by atoms with Gasteiger partial charge in [-0.25, -0.2) is 0 Å². The van der Waals surface area contributed by atoms with Gasteiger partial charge < -0.3 is 9.47 Å². The summed E-state index contributed by atoms with van der Waals surface area (Å²) < 4.78 is 10.6. The molecular weight excluding hydrogens is 192 g/mol. The highest BCUT2D eigenvalue weighted by atomic mass is 16.5. The molecule has 0 atom stereocenters. The summed E-state index contributed by atoms with van der Waals surface area (Å²) in [6.07, 6.45) is 0.809. The molecular formula is C12H16O3. The van der Waals surface area contributed by atoms with Crippen LogP contribution in [0.25, 0.3) is 0 Å². The smallest absolute Gasteiger partial charge is 0.153 e. The molecule has 0 aliphatic rings. The monoisotopic (exact) mass is 208 g/mol. The van der Waals surface area contributed by atoms with E-state index in [0.717, 1.165) is 11.8 Å². The van der Waals surface area contributed by atoms with E-state index in [4.69, 9.17) is 9.47 Å². The Morgan fingerprint density at radius 1 is 1.33 bits per heavy atom. The maximum atomic E-state index is 10.8. The van der Waals surface area contributed by atoms with Crippen LogP contribution in [0, 0.1) is 6.92 Å². The lowest BCUT2D eigenvalue weighted by Crippen LogP contribution is -2.07. The Hall–Kier alpha value is -1.35. The third-order valence-corrected chi connectivity index (χ3v) is 1.98. The zero-order chi connectivity index (χ0) is 11.1. The van der Waals surface area contributed by atoms with E-state index in [-0.39, 0.29) is 0 Å². The number of ether oxygens (including phenoxy) is 2. The van der Waals surface area contributed by atoms with Gasteiger partial charge in [-0.1, -0.05) is 11.6 Å². The van der Waals surface area contributed by atoms with E-state index in [1.807, 2.05) is 32.0 Å². The van der Waals surface area contributed by atoms with Crippen molar-refractivity contribution in [3.63, 3.8) is 0 Å². The molecule has 0 radical (unpaired) electrons. The van der Waals surface area contributed by atoms with E-state index in [1.165, 1.54) is 0 Å². The molecule has 0 saturated heterocycles. The Kier molecular flexibility index (Phi) is 4.84. The highest BCUT2D eigenvalue weighted by Crippen LogP contribution is 2.17. The lowest BCUT2D eigenvalue weighted by Gasteiger charge is -2.08. The highest BCUT2D eigenvalue weighted by Gasteiger charge is 2.02. The number of aryl methyl sites for hydroxylation is 1. The predicted molar refractivity (Wildman–Crippen MR) is 58.6 cm³/mol. The largest absolute Gasteiger partial charge is 0.490 e. The first-order valence-corrected chi connectivity index (χ1v) is 5.04. The van der Waals surface area contributed by atoms with Crippen LogP contribution in [0.1, 0.15) is 22.8 Å². The minimum Gasteiger partial charge on any atom is -0.490 e. The molecule has 0 aliphatic heterocycles. The Balaban J connectivity index is 2.56. The molecule has 1 rings (SSSR count). The van der Waals surface area contributed by atoms with Crippen LogP contribution >= 0.6 is 0 Å². The molecule has 0 unspecified atom stereocenters. The minimum absolute atomic E-state index is 0.470. The Labute approximate surface area is 90.0 Å². The molecule has 82 valence electrons. The first-order valence-electron chi connectivity index (χ1n) is 5.04. The van der Waals surface area contributed by atoms with Crippen molar-refractivity contribution in [3.05, 3.63) is 29.3 Å². The molecule has 1 aromatic rings. The molecule has 0 amide bonds. The Bertz CT molecular complexity index is 321. The van der Waals surface area contributed by atoms with Gasteiger partial charge in [-0.2, -0.15) is 0 Å². The maximum absolute atomic E-state index is 10.8. The quantitative estimate of drug-likeness (QED) is 0.531. The van der Waals surface area contributed by atoms with Gasteiger partial charge in [0, 0.05) is 6.61 Å². The van der Waals surface area contributed by atoms with Gasteiger partial charge in [-0.15, -0.1) is 0 Å². The van der Waals surface area contributed by atoms with Gasteiger partial charge in [-0.05, 0) is 26.0 Å². The van der Waals surface area contributed by atoms with E-state index in [0.29, 0.717) is 31.1 Å². The van der Waals surface area contributed by atoms with E-state index in [2.05, 4.69) is 0 Å². The standard InChI is InChI=1S/C12H16O3/c1-3-14-6-7-15-12-5-4-10(2)8-11(12)9-13/h4-5,8-9H,3,6-7H2,1-2H3. The second kappa shape index (κ2) is 6.19. The van der Waals surface area contributed by atoms with Gasteiger partial charge in [0.05, 0.1) is 12.2 Å². The van der Waals surface area contributed by atoms with Crippen LogP contribution < -0.4 is 4.74 Å². The molecule has 0 heterocycles. The van der Waals surface area contributed by atoms with Gasteiger partial charge in [0.1, 0.15) is 12.4 Å². The van der Waals surface area contributed by atoms with Crippen LogP contribution in [0.2, 0.25) is 0 Å². The number of benzene rings is 1.